The summed E-state index contributed by atoms with van der Waals surface area (Å²) in [4.78, 5) is 6.94. The van der Waals surface area contributed by atoms with Crippen LogP contribution in [0.1, 0.15) is 20.3 Å². The number of anilines is 1. The normalized spacial score (nSPS) is 22.9. The van der Waals surface area contributed by atoms with Crippen molar-refractivity contribution in [1.82, 2.24) is 4.98 Å². The van der Waals surface area contributed by atoms with Gasteiger partial charge in [-0.1, -0.05) is 0 Å². The minimum atomic E-state index is -0.179. The van der Waals surface area contributed by atoms with Crippen molar-refractivity contribution in [1.29, 1.82) is 0 Å². The molecule has 2 fully saturated rings. The Labute approximate surface area is 154 Å². The zero-order valence-corrected chi connectivity index (χ0v) is 15.5. The number of benzene rings is 1. The van der Waals surface area contributed by atoms with Gasteiger partial charge in [-0.05, 0) is 26.0 Å². The van der Waals surface area contributed by atoms with Gasteiger partial charge in [-0.2, -0.15) is 0 Å². The van der Waals surface area contributed by atoms with Gasteiger partial charge in [-0.3, -0.25) is 4.98 Å². The molecule has 2 aromatic rings. The highest BCUT2D eigenvalue weighted by Crippen LogP contribution is 2.38. The van der Waals surface area contributed by atoms with E-state index in [2.05, 4.69) is 22.0 Å². The van der Waals surface area contributed by atoms with Crippen molar-refractivity contribution in [2.24, 2.45) is 0 Å². The van der Waals surface area contributed by atoms with Crippen LogP contribution in [-0.4, -0.2) is 56.7 Å². The first-order valence-corrected chi connectivity index (χ1v) is 9.40. The zero-order valence-electron chi connectivity index (χ0n) is 15.5. The average molecular weight is 358 g/mol. The Morgan fingerprint density at radius 1 is 1.15 bits per heavy atom. The number of fused-ring (bicyclic) bond motifs is 1. The van der Waals surface area contributed by atoms with Gasteiger partial charge in [0.1, 0.15) is 5.60 Å². The van der Waals surface area contributed by atoms with Crippen molar-refractivity contribution in [3.63, 3.8) is 0 Å². The number of ether oxygens (including phenoxy) is 4. The molecular weight excluding hydrogens is 332 g/mol. The molecule has 2 saturated heterocycles. The summed E-state index contributed by atoms with van der Waals surface area (Å²) in [7, 11) is 0. The zero-order chi connectivity index (χ0) is 18.0. The van der Waals surface area contributed by atoms with E-state index in [0.29, 0.717) is 26.4 Å². The number of pyridine rings is 1. The number of hydrogen-bond donors (Lipinski definition) is 0. The fraction of sp³-hybridized carbons (Fsp3) is 0.550. The van der Waals surface area contributed by atoms with Gasteiger partial charge in [0.05, 0.1) is 31.9 Å². The molecule has 6 heteroatoms. The van der Waals surface area contributed by atoms with Crippen LogP contribution >= 0.6 is 0 Å². The number of aromatic nitrogens is 1. The second-order valence-electron chi connectivity index (χ2n) is 6.77. The predicted molar refractivity (Wildman–Crippen MR) is 100 cm³/mol. The van der Waals surface area contributed by atoms with E-state index >= 15 is 0 Å². The first kappa shape index (κ1) is 17.4. The summed E-state index contributed by atoms with van der Waals surface area (Å²) in [6.45, 7) is 9.00. The lowest BCUT2D eigenvalue weighted by Crippen LogP contribution is -2.52. The van der Waals surface area contributed by atoms with E-state index in [4.69, 9.17) is 18.9 Å². The second-order valence-corrected chi connectivity index (χ2v) is 6.77. The lowest BCUT2D eigenvalue weighted by molar-refractivity contribution is -0.0578. The maximum atomic E-state index is 6.08. The molecule has 140 valence electrons. The highest BCUT2D eigenvalue weighted by molar-refractivity contribution is 5.94. The van der Waals surface area contributed by atoms with Crippen LogP contribution in [0.3, 0.4) is 0 Å². The van der Waals surface area contributed by atoms with Crippen molar-refractivity contribution >= 4 is 16.6 Å². The van der Waals surface area contributed by atoms with Gasteiger partial charge >= 0.3 is 0 Å². The van der Waals surface area contributed by atoms with Gasteiger partial charge in [0.15, 0.2) is 11.5 Å². The fourth-order valence-corrected chi connectivity index (χ4v) is 3.83. The largest absolute Gasteiger partial charge is 0.490 e. The summed E-state index contributed by atoms with van der Waals surface area (Å²) in [5, 5.41) is 1.08. The smallest absolute Gasteiger partial charge is 0.163 e. The van der Waals surface area contributed by atoms with Crippen LogP contribution in [0.15, 0.2) is 24.4 Å². The number of morpholine rings is 1. The van der Waals surface area contributed by atoms with Gasteiger partial charge in [0.2, 0.25) is 0 Å². The molecule has 0 bridgehead atoms. The molecule has 0 amide bonds. The van der Waals surface area contributed by atoms with Gasteiger partial charge in [0.25, 0.3) is 0 Å². The third kappa shape index (κ3) is 3.19. The first-order valence-electron chi connectivity index (χ1n) is 9.40. The highest BCUT2D eigenvalue weighted by Gasteiger charge is 2.40. The molecule has 0 aliphatic carbocycles. The molecule has 1 spiro atoms. The molecule has 1 unspecified atom stereocenters. The molecule has 1 aromatic heterocycles. The van der Waals surface area contributed by atoms with Crippen LogP contribution in [0.2, 0.25) is 0 Å². The lowest BCUT2D eigenvalue weighted by Gasteiger charge is -2.41. The number of nitrogens with zero attached hydrogens (tertiary/aromatic N) is 2. The van der Waals surface area contributed by atoms with Gasteiger partial charge < -0.3 is 23.8 Å². The molecule has 3 heterocycles. The molecule has 0 saturated carbocycles. The first-order chi connectivity index (χ1) is 12.7. The maximum Gasteiger partial charge on any atom is 0.163 e. The Morgan fingerprint density at radius 2 is 1.96 bits per heavy atom. The van der Waals surface area contributed by atoms with Crippen LogP contribution in [0, 0.1) is 0 Å². The molecule has 6 nitrogen and oxygen atoms in total. The molecule has 2 aliphatic rings. The van der Waals surface area contributed by atoms with Crippen LogP contribution < -0.4 is 14.4 Å². The Bertz CT molecular complexity index is 774. The number of hydrogen-bond acceptors (Lipinski definition) is 6. The Kier molecular flexibility index (Phi) is 4.87. The predicted octanol–water partition coefficient (Wildman–Crippen LogP) is 3.03. The summed E-state index contributed by atoms with van der Waals surface area (Å²) in [6, 6.07) is 6.11. The van der Waals surface area contributed by atoms with Gasteiger partial charge in [-0.15, -0.1) is 0 Å². The molecule has 4 rings (SSSR count). The van der Waals surface area contributed by atoms with Crippen molar-refractivity contribution in [3.8, 4) is 11.5 Å². The van der Waals surface area contributed by atoms with E-state index in [1.807, 2.05) is 26.1 Å². The SMILES string of the molecule is CCOc1cc2nccc(N3CCOC4(CCOC4)C3)c2cc1OCC. The topological polar surface area (TPSA) is 53.1 Å². The van der Waals surface area contributed by atoms with E-state index < -0.39 is 0 Å². The summed E-state index contributed by atoms with van der Waals surface area (Å²) in [6.07, 6.45) is 2.81. The Hall–Kier alpha value is -2.05. The molecular formula is C20H26N2O4. The molecule has 1 aromatic carbocycles. The monoisotopic (exact) mass is 358 g/mol. The van der Waals surface area contributed by atoms with E-state index in [9.17, 15) is 0 Å². The quantitative estimate of drug-likeness (QED) is 0.819. The summed E-state index contributed by atoms with van der Waals surface area (Å²) in [5.74, 6) is 1.51. The molecule has 26 heavy (non-hydrogen) atoms. The summed E-state index contributed by atoms with van der Waals surface area (Å²) in [5.41, 5.74) is 1.90. The third-order valence-electron chi connectivity index (χ3n) is 5.04. The Morgan fingerprint density at radius 3 is 2.69 bits per heavy atom. The van der Waals surface area contributed by atoms with Crippen molar-refractivity contribution < 1.29 is 18.9 Å². The van der Waals surface area contributed by atoms with E-state index in [1.54, 1.807) is 0 Å². The van der Waals surface area contributed by atoms with Crippen LogP contribution in [0.25, 0.3) is 10.9 Å². The van der Waals surface area contributed by atoms with Gasteiger partial charge in [0, 0.05) is 49.5 Å². The molecule has 0 N–H and O–H groups in total. The third-order valence-corrected chi connectivity index (χ3v) is 5.04. The number of rotatable bonds is 5. The standard InChI is InChI=1S/C20H26N2O4/c1-3-24-18-11-15-16(12-19(18)25-4-2)21-7-5-17(15)22-8-10-26-20(13-22)6-9-23-14-20/h5,7,11-12H,3-4,6,8-10,13-14H2,1-2H3. The minimum absolute atomic E-state index is 0.179. The second kappa shape index (κ2) is 7.29. The molecule has 2 aliphatic heterocycles. The maximum absolute atomic E-state index is 6.08. The molecule has 1 atom stereocenters. The van der Waals surface area contributed by atoms with Crippen molar-refractivity contribution in [2.45, 2.75) is 25.9 Å². The summed E-state index contributed by atoms with van der Waals surface area (Å²) < 4.78 is 23.2. The molecule has 0 radical (unpaired) electrons. The van der Waals surface area contributed by atoms with E-state index in [0.717, 1.165) is 54.2 Å². The van der Waals surface area contributed by atoms with Crippen molar-refractivity contribution in [3.05, 3.63) is 24.4 Å². The van der Waals surface area contributed by atoms with Gasteiger partial charge in [-0.25, -0.2) is 0 Å². The van der Waals surface area contributed by atoms with Crippen molar-refractivity contribution in [2.75, 3.05) is 51.0 Å². The Balaban J connectivity index is 1.73. The summed E-state index contributed by atoms with van der Waals surface area (Å²) >= 11 is 0. The van der Waals surface area contributed by atoms with Crippen LogP contribution in [-0.2, 0) is 9.47 Å². The average Bonchev–Trinajstić information content (AvgIpc) is 3.09. The van der Waals surface area contributed by atoms with Crippen LogP contribution in [0.4, 0.5) is 5.69 Å². The highest BCUT2D eigenvalue weighted by atomic mass is 16.6. The minimum Gasteiger partial charge on any atom is -0.490 e. The van der Waals surface area contributed by atoms with E-state index in [1.165, 1.54) is 0 Å². The fourth-order valence-electron chi connectivity index (χ4n) is 3.83. The van der Waals surface area contributed by atoms with Crippen LogP contribution in [0.5, 0.6) is 11.5 Å². The van der Waals surface area contributed by atoms with E-state index in [-0.39, 0.29) is 5.60 Å². The lowest BCUT2D eigenvalue weighted by atomic mass is 10.00.